The first-order valence-electron chi connectivity index (χ1n) is 8.90. The van der Waals surface area contributed by atoms with Crippen molar-refractivity contribution in [3.8, 4) is 0 Å². The summed E-state index contributed by atoms with van der Waals surface area (Å²) in [5.41, 5.74) is 7.43. The minimum absolute atomic E-state index is 0.314. The number of carbonyl (C=O) groups is 3. The van der Waals surface area contributed by atoms with Crippen LogP contribution in [0.3, 0.4) is 0 Å². The Morgan fingerprint density at radius 1 is 0.852 bits per heavy atom. The van der Waals surface area contributed by atoms with Crippen molar-refractivity contribution in [3.63, 3.8) is 0 Å². The molecule has 6 nitrogen and oxygen atoms in total. The summed E-state index contributed by atoms with van der Waals surface area (Å²) in [6, 6.07) is 17.4. The van der Waals surface area contributed by atoms with Gasteiger partial charge in [0.1, 0.15) is 12.1 Å². The second kappa shape index (κ2) is 10.1. The van der Waals surface area contributed by atoms with E-state index < -0.39 is 23.9 Å². The topological polar surface area (TPSA) is 101 Å². The van der Waals surface area contributed by atoms with E-state index in [4.69, 9.17) is 5.73 Å². The van der Waals surface area contributed by atoms with Crippen molar-refractivity contribution in [2.24, 2.45) is 5.73 Å². The summed E-state index contributed by atoms with van der Waals surface area (Å²) in [6.45, 7) is 1.35. The van der Waals surface area contributed by atoms with Crippen molar-refractivity contribution in [2.45, 2.75) is 38.3 Å². The van der Waals surface area contributed by atoms with Crippen LogP contribution < -0.4 is 16.4 Å². The Labute approximate surface area is 159 Å². The maximum absolute atomic E-state index is 12.7. The van der Waals surface area contributed by atoms with E-state index in [2.05, 4.69) is 10.6 Å². The highest BCUT2D eigenvalue weighted by Crippen LogP contribution is 2.07. The molecule has 2 rings (SSSR count). The lowest BCUT2D eigenvalue weighted by atomic mass is 10.0. The summed E-state index contributed by atoms with van der Waals surface area (Å²) in [6.07, 6.45) is 1.33. The lowest BCUT2D eigenvalue weighted by Gasteiger charge is -2.21. The van der Waals surface area contributed by atoms with Crippen LogP contribution in [0, 0.1) is 0 Å². The molecule has 6 heteroatoms. The molecule has 0 aliphatic heterocycles. The Morgan fingerprint density at radius 2 is 1.41 bits per heavy atom. The van der Waals surface area contributed by atoms with E-state index in [0.717, 1.165) is 11.1 Å². The van der Waals surface area contributed by atoms with E-state index in [9.17, 15) is 14.4 Å². The van der Waals surface area contributed by atoms with Gasteiger partial charge in [-0.05, 0) is 24.0 Å². The third kappa shape index (κ3) is 6.93. The molecule has 0 saturated carbocycles. The maximum Gasteiger partial charge on any atom is 0.243 e. The third-order valence-corrected chi connectivity index (χ3v) is 4.20. The van der Waals surface area contributed by atoms with Crippen LogP contribution in [0.1, 0.15) is 24.5 Å². The van der Waals surface area contributed by atoms with Crippen LogP contribution in [0.5, 0.6) is 0 Å². The Balaban J connectivity index is 2.02. The van der Waals surface area contributed by atoms with E-state index >= 15 is 0 Å². The lowest BCUT2D eigenvalue weighted by Crippen LogP contribution is -2.53. The molecular formula is C21H25N3O3. The predicted molar refractivity (Wildman–Crippen MR) is 104 cm³/mol. The molecule has 0 fully saturated rings. The van der Waals surface area contributed by atoms with E-state index in [1.807, 2.05) is 60.7 Å². The first kappa shape index (κ1) is 20.2. The molecule has 2 aromatic rings. The number of hydrogen-bond acceptors (Lipinski definition) is 3. The third-order valence-electron chi connectivity index (χ3n) is 4.20. The quantitative estimate of drug-likeness (QED) is 0.623. The molecule has 3 amide bonds. The molecule has 0 aromatic heterocycles. The minimum Gasteiger partial charge on any atom is -0.368 e. The van der Waals surface area contributed by atoms with Crippen molar-refractivity contribution >= 4 is 17.7 Å². The van der Waals surface area contributed by atoms with E-state index in [0.29, 0.717) is 19.3 Å². The fourth-order valence-corrected chi connectivity index (χ4v) is 2.82. The fraction of sp³-hybridized carbons (Fsp3) is 0.286. The maximum atomic E-state index is 12.7. The van der Waals surface area contributed by atoms with Gasteiger partial charge in [0, 0.05) is 13.3 Å². The molecule has 0 heterocycles. The highest BCUT2D eigenvalue weighted by molar-refractivity contribution is 5.91. The molecule has 0 spiro atoms. The van der Waals surface area contributed by atoms with Gasteiger partial charge in [-0.3, -0.25) is 14.4 Å². The van der Waals surface area contributed by atoms with Crippen molar-refractivity contribution < 1.29 is 14.4 Å². The van der Waals surface area contributed by atoms with Crippen LogP contribution in [0.2, 0.25) is 0 Å². The van der Waals surface area contributed by atoms with Crippen molar-refractivity contribution in [1.29, 1.82) is 0 Å². The van der Waals surface area contributed by atoms with Gasteiger partial charge in [0.25, 0.3) is 0 Å². The second-order valence-corrected chi connectivity index (χ2v) is 6.43. The van der Waals surface area contributed by atoms with Gasteiger partial charge in [-0.15, -0.1) is 0 Å². The number of carbonyl (C=O) groups excluding carboxylic acids is 3. The molecule has 4 N–H and O–H groups in total. The van der Waals surface area contributed by atoms with Crippen molar-refractivity contribution in [1.82, 2.24) is 10.6 Å². The van der Waals surface area contributed by atoms with Gasteiger partial charge >= 0.3 is 0 Å². The first-order valence-corrected chi connectivity index (χ1v) is 8.90. The molecule has 0 bridgehead atoms. The molecule has 0 saturated heterocycles. The summed E-state index contributed by atoms with van der Waals surface area (Å²) < 4.78 is 0. The number of amides is 3. The Bertz CT molecular complexity index is 763. The standard InChI is InChI=1S/C21H25N3O3/c1-15(25)23-19(14-17-10-6-3-7-11-17)21(27)24-18(20(22)26)13-12-16-8-4-2-5-9-16/h2-11,18-19H,12-14H2,1H3,(H2,22,26)(H,23,25)(H,24,27)/t18-,19-/m0/s1. The number of benzene rings is 2. The van der Waals surface area contributed by atoms with Gasteiger partial charge in [0.05, 0.1) is 0 Å². The molecule has 0 radical (unpaired) electrons. The Morgan fingerprint density at radius 3 is 1.93 bits per heavy atom. The molecule has 0 aliphatic carbocycles. The van der Waals surface area contributed by atoms with Gasteiger partial charge in [0.15, 0.2) is 0 Å². The monoisotopic (exact) mass is 367 g/mol. The number of rotatable bonds is 9. The van der Waals surface area contributed by atoms with E-state index in [1.165, 1.54) is 6.92 Å². The Kier molecular flexibility index (Phi) is 7.55. The van der Waals surface area contributed by atoms with Crippen LogP contribution in [0.15, 0.2) is 60.7 Å². The van der Waals surface area contributed by atoms with E-state index in [-0.39, 0.29) is 5.91 Å². The molecule has 0 unspecified atom stereocenters. The summed E-state index contributed by atoms with van der Waals surface area (Å²) >= 11 is 0. The molecular weight excluding hydrogens is 342 g/mol. The fourth-order valence-electron chi connectivity index (χ4n) is 2.82. The molecule has 0 aliphatic rings. The smallest absolute Gasteiger partial charge is 0.243 e. The van der Waals surface area contributed by atoms with Crippen LogP contribution in [-0.2, 0) is 27.2 Å². The predicted octanol–water partition coefficient (Wildman–Crippen LogP) is 1.34. The van der Waals surface area contributed by atoms with Crippen molar-refractivity contribution in [3.05, 3.63) is 71.8 Å². The Hall–Kier alpha value is -3.15. The summed E-state index contributed by atoms with van der Waals surface area (Å²) in [5.74, 6) is -1.34. The molecule has 2 atom stereocenters. The number of nitrogens with one attached hydrogen (secondary N) is 2. The zero-order chi connectivity index (χ0) is 19.6. The average molecular weight is 367 g/mol. The minimum atomic E-state index is -0.801. The summed E-state index contributed by atoms with van der Waals surface area (Å²) in [4.78, 5) is 36.0. The highest BCUT2D eigenvalue weighted by atomic mass is 16.2. The van der Waals surface area contributed by atoms with Crippen LogP contribution in [0.25, 0.3) is 0 Å². The molecule has 2 aromatic carbocycles. The van der Waals surface area contributed by atoms with Crippen LogP contribution in [-0.4, -0.2) is 29.8 Å². The second-order valence-electron chi connectivity index (χ2n) is 6.43. The number of aryl methyl sites for hydroxylation is 1. The van der Waals surface area contributed by atoms with Crippen LogP contribution in [0.4, 0.5) is 0 Å². The zero-order valence-electron chi connectivity index (χ0n) is 15.4. The van der Waals surface area contributed by atoms with Crippen molar-refractivity contribution in [2.75, 3.05) is 0 Å². The summed E-state index contributed by atoms with van der Waals surface area (Å²) in [5, 5.41) is 5.33. The van der Waals surface area contributed by atoms with E-state index in [1.54, 1.807) is 0 Å². The molecule has 27 heavy (non-hydrogen) atoms. The number of nitrogens with two attached hydrogens (primary N) is 1. The largest absolute Gasteiger partial charge is 0.368 e. The SMILES string of the molecule is CC(=O)N[C@@H](Cc1ccccc1)C(=O)N[C@@H](CCc1ccccc1)C(N)=O. The number of hydrogen-bond donors (Lipinski definition) is 3. The first-order chi connectivity index (χ1) is 13.0. The van der Waals surface area contributed by atoms with Gasteiger partial charge in [-0.1, -0.05) is 60.7 Å². The molecule has 142 valence electrons. The summed E-state index contributed by atoms with van der Waals surface area (Å²) in [7, 11) is 0. The average Bonchev–Trinajstić information content (AvgIpc) is 2.65. The highest BCUT2D eigenvalue weighted by Gasteiger charge is 2.25. The van der Waals surface area contributed by atoms with Gasteiger partial charge in [0.2, 0.25) is 17.7 Å². The lowest BCUT2D eigenvalue weighted by molar-refractivity contribution is -0.130. The zero-order valence-corrected chi connectivity index (χ0v) is 15.4. The van der Waals surface area contributed by atoms with Gasteiger partial charge in [-0.2, -0.15) is 0 Å². The van der Waals surface area contributed by atoms with Gasteiger partial charge in [-0.25, -0.2) is 0 Å². The number of primary amides is 1. The van der Waals surface area contributed by atoms with Gasteiger partial charge < -0.3 is 16.4 Å². The normalized spacial score (nSPS) is 12.6. The van der Waals surface area contributed by atoms with Crippen LogP contribution >= 0.6 is 0 Å².